The zero-order valence-electron chi connectivity index (χ0n) is 18.8. The summed E-state index contributed by atoms with van der Waals surface area (Å²) in [5.41, 5.74) is 1.76. The van der Waals surface area contributed by atoms with Crippen molar-refractivity contribution < 1.29 is 24.0 Å². The van der Waals surface area contributed by atoms with Gasteiger partial charge in [-0.1, -0.05) is 30.7 Å². The molecule has 0 radical (unpaired) electrons. The second-order valence-electron chi connectivity index (χ2n) is 7.52. The molecule has 0 bridgehead atoms. The second kappa shape index (κ2) is 10.3. The highest BCUT2D eigenvalue weighted by Gasteiger charge is 2.35. The van der Waals surface area contributed by atoms with Crippen LogP contribution in [0.25, 0.3) is 0 Å². The number of urea groups is 1. The first kappa shape index (κ1) is 24.7. The van der Waals surface area contributed by atoms with E-state index in [2.05, 4.69) is 10.6 Å². The molecular weight excluding hydrogens is 464 g/mol. The number of nitro benzene ring substituents is 1. The van der Waals surface area contributed by atoms with Gasteiger partial charge >= 0.3 is 12.0 Å². The Hall–Kier alpha value is -3.92. The van der Waals surface area contributed by atoms with Crippen LogP contribution in [-0.2, 0) is 9.53 Å². The number of carbonyl (C=O) groups is 3. The molecule has 0 fully saturated rings. The number of carbonyl (C=O) groups excluding carboxylic acids is 3. The van der Waals surface area contributed by atoms with Crippen molar-refractivity contribution in [3.63, 3.8) is 0 Å². The third-order valence-corrected chi connectivity index (χ3v) is 5.67. The Morgan fingerprint density at radius 1 is 1.24 bits per heavy atom. The molecule has 3 rings (SSSR count). The zero-order chi connectivity index (χ0) is 25.0. The number of allylic oxidation sites excluding steroid dienone is 1. The summed E-state index contributed by atoms with van der Waals surface area (Å²) in [5, 5.41) is 16.3. The number of anilines is 1. The van der Waals surface area contributed by atoms with Crippen LogP contribution >= 0.6 is 11.6 Å². The summed E-state index contributed by atoms with van der Waals surface area (Å²) >= 11 is 6.02. The molecule has 1 atom stereocenters. The van der Waals surface area contributed by atoms with E-state index in [9.17, 15) is 24.5 Å². The van der Waals surface area contributed by atoms with Gasteiger partial charge in [0.15, 0.2) is 0 Å². The summed E-state index contributed by atoms with van der Waals surface area (Å²) in [5.74, 6) is -1.09. The number of hydrogen-bond acceptors (Lipinski definition) is 6. The number of esters is 1. The summed E-state index contributed by atoms with van der Waals surface area (Å²) in [6.07, 6.45) is 0.719. The van der Waals surface area contributed by atoms with Gasteiger partial charge in [-0.05, 0) is 37.1 Å². The Bertz CT molecular complexity index is 1180. The van der Waals surface area contributed by atoms with Crippen molar-refractivity contribution in [2.75, 3.05) is 19.0 Å². The highest BCUT2D eigenvalue weighted by atomic mass is 35.5. The smallest absolute Gasteiger partial charge is 0.337 e. The molecule has 3 amide bonds. The molecule has 0 aromatic heterocycles. The maximum absolute atomic E-state index is 12.6. The predicted octanol–water partition coefficient (Wildman–Crippen LogP) is 4.42. The van der Waals surface area contributed by atoms with Crippen molar-refractivity contribution in [1.29, 1.82) is 0 Å². The van der Waals surface area contributed by atoms with E-state index in [1.807, 2.05) is 6.92 Å². The lowest BCUT2D eigenvalue weighted by Crippen LogP contribution is -2.48. The average Bonchev–Trinajstić information content (AvgIpc) is 2.81. The van der Waals surface area contributed by atoms with Gasteiger partial charge in [0.1, 0.15) is 0 Å². The SMILES string of the molecule is CCCN1C(=O)NC(c2ccc(NC(=O)c3ccc([N+](=O)[O-])cc3Cl)cc2)C(C(=O)OC)=C1C. The predicted molar refractivity (Wildman–Crippen MR) is 125 cm³/mol. The van der Waals surface area contributed by atoms with Gasteiger partial charge in [0.2, 0.25) is 0 Å². The second-order valence-corrected chi connectivity index (χ2v) is 7.93. The minimum Gasteiger partial charge on any atom is -0.466 e. The van der Waals surface area contributed by atoms with Crippen molar-refractivity contribution >= 4 is 40.9 Å². The molecule has 2 aromatic carbocycles. The molecule has 1 aliphatic rings. The Labute approximate surface area is 200 Å². The third kappa shape index (κ3) is 5.01. The van der Waals surface area contributed by atoms with Crippen LogP contribution in [-0.4, -0.2) is 41.4 Å². The van der Waals surface area contributed by atoms with Crippen molar-refractivity contribution in [1.82, 2.24) is 10.2 Å². The lowest BCUT2D eigenvalue weighted by Gasteiger charge is -2.35. The number of nitrogens with one attached hydrogen (secondary N) is 2. The van der Waals surface area contributed by atoms with Gasteiger partial charge in [0.05, 0.1) is 34.2 Å². The van der Waals surface area contributed by atoms with E-state index in [0.29, 0.717) is 29.1 Å². The van der Waals surface area contributed by atoms with Crippen LogP contribution in [0.2, 0.25) is 5.02 Å². The Morgan fingerprint density at radius 2 is 1.91 bits per heavy atom. The molecule has 0 saturated carbocycles. The average molecular weight is 487 g/mol. The van der Waals surface area contributed by atoms with E-state index in [0.717, 1.165) is 12.5 Å². The van der Waals surface area contributed by atoms with E-state index in [-0.39, 0.29) is 22.3 Å². The van der Waals surface area contributed by atoms with Gasteiger partial charge < -0.3 is 15.4 Å². The summed E-state index contributed by atoms with van der Waals surface area (Å²) < 4.78 is 4.95. The van der Waals surface area contributed by atoms with Crippen LogP contribution < -0.4 is 10.6 Å². The monoisotopic (exact) mass is 486 g/mol. The number of methoxy groups -OCH3 is 1. The molecule has 1 heterocycles. The van der Waals surface area contributed by atoms with Gasteiger partial charge in [-0.15, -0.1) is 0 Å². The minimum absolute atomic E-state index is 0.0480. The lowest BCUT2D eigenvalue weighted by molar-refractivity contribution is -0.384. The van der Waals surface area contributed by atoms with Gasteiger partial charge in [0.25, 0.3) is 11.6 Å². The van der Waals surface area contributed by atoms with Gasteiger partial charge in [-0.3, -0.25) is 19.8 Å². The Balaban J connectivity index is 1.84. The number of benzene rings is 2. The molecule has 34 heavy (non-hydrogen) atoms. The lowest BCUT2D eigenvalue weighted by atomic mass is 9.94. The van der Waals surface area contributed by atoms with Crippen LogP contribution in [0.1, 0.15) is 42.2 Å². The molecule has 10 nitrogen and oxygen atoms in total. The van der Waals surface area contributed by atoms with Crippen molar-refractivity contribution in [3.8, 4) is 0 Å². The number of non-ortho nitro benzene ring substituents is 1. The van der Waals surface area contributed by atoms with E-state index >= 15 is 0 Å². The van der Waals surface area contributed by atoms with Gasteiger partial charge in [0, 0.05) is 30.1 Å². The molecule has 1 aliphatic heterocycles. The largest absolute Gasteiger partial charge is 0.466 e. The number of nitrogens with zero attached hydrogens (tertiary/aromatic N) is 2. The molecule has 178 valence electrons. The molecule has 0 aliphatic carbocycles. The van der Waals surface area contributed by atoms with Gasteiger partial charge in [-0.25, -0.2) is 9.59 Å². The number of amides is 3. The normalized spacial score (nSPS) is 15.6. The molecular formula is C23H23ClN4O6. The van der Waals surface area contributed by atoms with Crippen molar-refractivity contribution in [3.05, 3.63) is 80.0 Å². The van der Waals surface area contributed by atoms with Crippen LogP contribution in [0.3, 0.4) is 0 Å². The van der Waals surface area contributed by atoms with Gasteiger partial charge in [-0.2, -0.15) is 0 Å². The fraction of sp³-hybridized carbons (Fsp3) is 0.261. The highest BCUT2D eigenvalue weighted by Crippen LogP contribution is 2.32. The maximum Gasteiger partial charge on any atom is 0.337 e. The van der Waals surface area contributed by atoms with Crippen LogP contribution in [0.15, 0.2) is 53.7 Å². The fourth-order valence-electron chi connectivity index (χ4n) is 3.66. The van der Waals surface area contributed by atoms with Crippen LogP contribution in [0.5, 0.6) is 0 Å². The Morgan fingerprint density at radius 3 is 2.47 bits per heavy atom. The first-order valence-electron chi connectivity index (χ1n) is 10.4. The number of halogens is 1. The number of nitro groups is 1. The van der Waals surface area contributed by atoms with E-state index < -0.39 is 22.8 Å². The zero-order valence-corrected chi connectivity index (χ0v) is 19.5. The summed E-state index contributed by atoms with van der Waals surface area (Å²) in [4.78, 5) is 49.5. The molecule has 0 spiro atoms. The number of rotatable bonds is 7. The first-order valence-corrected chi connectivity index (χ1v) is 10.8. The standard InChI is InChI=1S/C23H23ClN4O6/c1-4-11-27-13(2)19(22(30)34-3)20(26-23(27)31)14-5-7-15(8-6-14)25-21(29)17-10-9-16(28(32)33)12-18(17)24/h5-10,12,20H,4,11H2,1-3H3,(H,25,29)(H,26,31). The number of ether oxygens (including phenoxy) is 1. The summed E-state index contributed by atoms with van der Waals surface area (Å²) in [6.45, 7) is 4.10. The van der Waals surface area contributed by atoms with Crippen molar-refractivity contribution in [2.24, 2.45) is 0 Å². The number of hydrogen-bond donors (Lipinski definition) is 2. The first-order chi connectivity index (χ1) is 16.2. The highest BCUT2D eigenvalue weighted by molar-refractivity contribution is 6.34. The van der Waals surface area contributed by atoms with E-state index in [1.54, 1.807) is 31.2 Å². The summed E-state index contributed by atoms with van der Waals surface area (Å²) in [7, 11) is 1.28. The van der Waals surface area contributed by atoms with E-state index in [1.165, 1.54) is 24.1 Å². The molecule has 2 aromatic rings. The van der Waals surface area contributed by atoms with E-state index in [4.69, 9.17) is 16.3 Å². The topological polar surface area (TPSA) is 131 Å². The molecule has 2 N–H and O–H groups in total. The van der Waals surface area contributed by atoms with Crippen LogP contribution in [0.4, 0.5) is 16.2 Å². The minimum atomic E-state index is -0.720. The molecule has 0 saturated heterocycles. The molecule has 1 unspecified atom stereocenters. The Kier molecular flexibility index (Phi) is 7.52. The fourth-order valence-corrected chi connectivity index (χ4v) is 3.92. The third-order valence-electron chi connectivity index (χ3n) is 5.36. The molecule has 11 heteroatoms. The van der Waals surface area contributed by atoms with Crippen molar-refractivity contribution in [2.45, 2.75) is 26.3 Å². The summed E-state index contributed by atoms with van der Waals surface area (Å²) in [6, 6.07) is 9.11. The van der Waals surface area contributed by atoms with Crippen LogP contribution in [0, 0.1) is 10.1 Å². The maximum atomic E-state index is 12.6. The quantitative estimate of drug-likeness (QED) is 0.338.